The van der Waals surface area contributed by atoms with Gasteiger partial charge in [0, 0.05) is 31.2 Å². The van der Waals surface area contributed by atoms with Gasteiger partial charge < -0.3 is 14.2 Å². The lowest BCUT2D eigenvalue weighted by Crippen LogP contribution is -2.43. The van der Waals surface area contributed by atoms with E-state index >= 15 is 0 Å². The van der Waals surface area contributed by atoms with Crippen molar-refractivity contribution < 1.29 is 19.0 Å². The highest BCUT2D eigenvalue weighted by Crippen LogP contribution is 2.39. The Balaban J connectivity index is 1.74. The molecule has 32 heavy (non-hydrogen) atoms. The SMILES string of the molecule is COc1ccc(Cl)cc1C(=O)N(CCN1CCOCC1)c1nc2c(OC)ccc(Cl)c2s1. The van der Waals surface area contributed by atoms with E-state index in [4.69, 9.17) is 42.4 Å². The molecular weight excluding hydrogens is 473 g/mol. The van der Waals surface area contributed by atoms with Crippen LogP contribution in [-0.4, -0.2) is 69.4 Å². The molecule has 1 saturated heterocycles. The molecule has 2 heterocycles. The molecule has 7 nitrogen and oxygen atoms in total. The number of carbonyl (C=O) groups excluding carboxylic acids is 1. The Hall–Kier alpha value is -2.10. The van der Waals surface area contributed by atoms with Crippen LogP contribution in [0, 0.1) is 0 Å². The van der Waals surface area contributed by atoms with Gasteiger partial charge in [-0.05, 0) is 30.3 Å². The molecule has 1 amide bonds. The number of carbonyl (C=O) groups is 1. The molecule has 0 atom stereocenters. The summed E-state index contributed by atoms with van der Waals surface area (Å²) < 4.78 is 17.1. The molecule has 4 rings (SSSR count). The number of hydrogen-bond acceptors (Lipinski definition) is 7. The number of aromatic nitrogens is 1. The second-order valence-electron chi connectivity index (χ2n) is 7.18. The molecule has 3 aromatic rings. The first-order valence-corrected chi connectivity index (χ1v) is 11.7. The number of methoxy groups -OCH3 is 2. The average molecular weight is 496 g/mol. The number of morpholine rings is 1. The summed E-state index contributed by atoms with van der Waals surface area (Å²) in [5, 5.41) is 1.55. The summed E-state index contributed by atoms with van der Waals surface area (Å²) in [6, 6.07) is 8.54. The Morgan fingerprint density at radius 1 is 1.16 bits per heavy atom. The smallest absolute Gasteiger partial charge is 0.263 e. The van der Waals surface area contributed by atoms with Crippen LogP contribution in [0.15, 0.2) is 30.3 Å². The van der Waals surface area contributed by atoms with Crippen molar-refractivity contribution in [2.75, 3.05) is 58.5 Å². The fourth-order valence-electron chi connectivity index (χ4n) is 3.56. The second-order valence-corrected chi connectivity index (χ2v) is 9.00. The lowest BCUT2D eigenvalue weighted by Gasteiger charge is -2.29. The number of rotatable bonds is 7. The van der Waals surface area contributed by atoms with E-state index in [0.717, 1.165) is 17.8 Å². The maximum Gasteiger partial charge on any atom is 0.263 e. The number of nitrogens with zero attached hydrogens (tertiary/aromatic N) is 3. The number of halogens is 2. The van der Waals surface area contributed by atoms with Gasteiger partial charge in [0.05, 0.1) is 42.7 Å². The van der Waals surface area contributed by atoms with Gasteiger partial charge in [-0.2, -0.15) is 0 Å². The molecule has 0 radical (unpaired) electrons. The van der Waals surface area contributed by atoms with Gasteiger partial charge >= 0.3 is 0 Å². The summed E-state index contributed by atoms with van der Waals surface area (Å²) >= 11 is 14.0. The summed E-state index contributed by atoms with van der Waals surface area (Å²) in [4.78, 5) is 22.4. The zero-order chi connectivity index (χ0) is 22.7. The molecule has 0 spiro atoms. The van der Waals surface area contributed by atoms with Crippen LogP contribution in [0.2, 0.25) is 10.0 Å². The maximum absolute atomic E-state index is 13.7. The number of hydrogen-bond donors (Lipinski definition) is 0. The molecule has 0 saturated carbocycles. The number of anilines is 1. The molecule has 0 unspecified atom stereocenters. The molecule has 0 aliphatic carbocycles. The van der Waals surface area contributed by atoms with Gasteiger partial charge in [0.15, 0.2) is 5.13 Å². The van der Waals surface area contributed by atoms with E-state index in [-0.39, 0.29) is 5.91 Å². The van der Waals surface area contributed by atoms with Crippen LogP contribution in [0.25, 0.3) is 10.2 Å². The topological polar surface area (TPSA) is 64.1 Å². The summed E-state index contributed by atoms with van der Waals surface area (Å²) in [6.07, 6.45) is 0. The van der Waals surface area contributed by atoms with Crippen molar-refractivity contribution in [2.24, 2.45) is 0 Å². The van der Waals surface area contributed by atoms with Crippen molar-refractivity contribution in [3.05, 3.63) is 45.9 Å². The Bertz CT molecular complexity index is 1120. The number of fused-ring (bicyclic) bond motifs is 1. The van der Waals surface area contributed by atoms with E-state index in [9.17, 15) is 4.79 Å². The highest BCUT2D eigenvalue weighted by molar-refractivity contribution is 7.23. The standard InChI is InChI=1S/C22H23Cl2N3O4S/c1-29-17-5-3-14(23)13-15(17)21(28)27(8-7-26-9-11-31-12-10-26)22-25-19-18(30-2)6-4-16(24)20(19)32-22/h3-6,13H,7-12H2,1-2H3. The fourth-order valence-corrected chi connectivity index (χ4v) is 5.02. The van der Waals surface area contributed by atoms with Crippen LogP contribution in [0.1, 0.15) is 10.4 Å². The quantitative estimate of drug-likeness (QED) is 0.477. The molecular formula is C22H23Cl2N3O4S. The molecule has 1 fully saturated rings. The van der Waals surface area contributed by atoms with E-state index in [1.165, 1.54) is 18.4 Å². The average Bonchev–Trinajstić information content (AvgIpc) is 3.26. The minimum atomic E-state index is -0.244. The Morgan fingerprint density at radius 2 is 1.88 bits per heavy atom. The van der Waals surface area contributed by atoms with Crippen LogP contribution < -0.4 is 14.4 Å². The maximum atomic E-state index is 13.7. The van der Waals surface area contributed by atoms with Crippen molar-refractivity contribution in [3.8, 4) is 11.5 Å². The Labute approximate surface area is 200 Å². The molecule has 10 heteroatoms. The predicted octanol–water partition coefficient (Wildman–Crippen LogP) is 4.60. The zero-order valence-corrected chi connectivity index (χ0v) is 20.1. The lowest BCUT2D eigenvalue weighted by atomic mass is 10.1. The first kappa shape index (κ1) is 23.1. The van der Waals surface area contributed by atoms with Crippen LogP contribution >= 0.6 is 34.5 Å². The highest BCUT2D eigenvalue weighted by Gasteiger charge is 2.26. The Kier molecular flexibility index (Phi) is 7.37. The fraction of sp³-hybridized carbons (Fsp3) is 0.364. The van der Waals surface area contributed by atoms with Crippen molar-refractivity contribution in [2.45, 2.75) is 0 Å². The third-order valence-corrected chi connectivity index (χ3v) is 7.05. The molecule has 1 aliphatic rings. The molecule has 0 N–H and O–H groups in total. The molecule has 1 aromatic heterocycles. The molecule has 0 bridgehead atoms. The monoisotopic (exact) mass is 495 g/mol. The van der Waals surface area contributed by atoms with Gasteiger partial charge in [0.1, 0.15) is 17.0 Å². The minimum Gasteiger partial charge on any atom is -0.496 e. The van der Waals surface area contributed by atoms with Gasteiger partial charge in [0.25, 0.3) is 5.91 Å². The van der Waals surface area contributed by atoms with Crippen molar-refractivity contribution in [1.82, 2.24) is 9.88 Å². The second kappa shape index (κ2) is 10.2. The largest absolute Gasteiger partial charge is 0.496 e. The highest BCUT2D eigenvalue weighted by atomic mass is 35.5. The van der Waals surface area contributed by atoms with E-state index in [2.05, 4.69) is 4.90 Å². The van der Waals surface area contributed by atoms with Crippen LogP contribution in [0.3, 0.4) is 0 Å². The number of benzene rings is 2. The minimum absolute atomic E-state index is 0.244. The lowest BCUT2D eigenvalue weighted by molar-refractivity contribution is 0.0391. The predicted molar refractivity (Wildman–Crippen MR) is 128 cm³/mol. The van der Waals surface area contributed by atoms with Crippen LogP contribution in [0.5, 0.6) is 11.5 Å². The third kappa shape index (κ3) is 4.79. The normalized spacial score (nSPS) is 14.5. The summed E-state index contributed by atoms with van der Waals surface area (Å²) in [7, 11) is 3.11. The van der Waals surface area contributed by atoms with Crippen molar-refractivity contribution in [3.63, 3.8) is 0 Å². The zero-order valence-electron chi connectivity index (χ0n) is 17.8. The van der Waals surface area contributed by atoms with Crippen LogP contribution in [0.4, 0.5) is 5.13 Å². The molecule has 1 aliphatic heterocycles. The van der Waals surface area contributed by atoms with Crippen molar-refractivity contribution in [1.29, 1.82) is 0 Å². The summed E-state index contributed by atoms with van der Waals surface area (Å²) in [6.45, 7) is 4.13. The summed E-state index contributed by atoms with van der Waals surface area (Å²) in [5.74, 6) is 0.812. The summed E-state index contributed by atoms with van der Waals surface area (Å²) in [5.41, 5.74) is 1.00. The van der Waals surface area contributed by atoms with Gasteiger partial charge in [-0.3, -0.25) is 14.6 Å². The first-order valence-electron chi connectivity index (χ1n) is 10.1. The Morgan fingerprint density at radius 3 is 2.59 bits per heavy atom. The van der Waals surface area contributed by atoms with E-state index < -0.39 is 0 Å². The third-order valence-electron chi connectivity index (χ3n) is 5.28. The number of amides is 1. The number of thiazole rings is 1. The van der Waals surface area contributed by atoms with Gasteiger partial charge in [-0.1, -0.05) is 34.5 Å². The number of ether oxygens (including phenoxy) is 3. The first-order chi connectivity index (χ1) is 15.5. The van der Waals surface area contributed by atoms with Gasteiger partial charge in [-0.25, -0.2) is 4.98 Å². The van der Waals surface area contributed by atoms with Crippen LogP contribution in [-0.2, 0) is 4.74 Å². The van der Waals surface area contributed by atoms with Gasteiger partial charge in [0.2, 0.25) is 0 Å². The molecule has 2 aromatic carbocycles. The van der Waals surface area contributed by atoms with Crippen molar-refractivity contribution >= 4 is 55.8 Å². The molecule has 170 valence electrons. The van der Waals surface area contributed by atoms with E-state index in [0.29, 0.717) is 64.1 Å². The van der Waals surface area contributed by atoms with Gasteiger partial charge in [-0.15, -0.1) is 0 Å². The van der Waals surface area contributed by atoms with E-state index in [1.807, 2.05) is 0 Å². The van der Waals surface area contributed by atoms with E-state index in [1.54, 1.807) is 42.3 Å².